The van der Waals surface area contributed by atoms with Crippen LogP contribution in [0.2, 0.25) is 0 Å². The number of halogens is 2. The van der Waals surface area contributed by atoms with Gasteiger partial charge in [0.05, 0.1) is 17.4 Å². The van der Waals surface area contributed by atoms with Gasteiger partial charge in [-0.15, -0.1) is 12.4 Å². The van der Waals surface area contributed by atoms with Gasteiger partial charge >= 0.3 is 0 Å². The molecule has 3 aromatic carbocycles. The second-order valence-electron chi connectivity index (χ2n) is 7.12. The van der Waals surface area contributed by atoms with E-state index in [1.165, 1.54) is 0 Å². The first kappa shape index (κ1) is 18.7. The zero-order valence-electron chi connectivity index (χ0n) is 15.2. The zero-order chi connectivity index (χ0) is 18.2. The third-order valence-electron chi connectivity index (χ3n) is 5.42. The van der Waals surface area contributed by atoms with E-state index >= 15 is 0 Å². The maximum Gasteiger partial charge on any atom is 0.141 e. The van der Waals surface area contributed by atoms with Gasteiger partial charge in [-0.2, -0.15) is 0 Å². The summed E-state index contributed by atoms with van der Waals surface area (Å²) >= 11 is 0. The molecule has 0 spiro atoms. The number of nitrogens with one attached hydrogen (secondary N) is 2. The average molecular weight is 394 g/mol. The minimum absolute atomic E-state index is 0. The Morgan fingerprint density at radius 1 is 1.00 bits per heavy atom. The van der Waals surface area contributed by atoms with E-state index in [1.54, 1.807) is 6.33 Å². The summed E-state index contributed by atoms with van der Waals surface area (Å²) in [4.78, 5) is 7.43. The summed E-state index contributed by atoms with van der Waals surface area (Å²) in [5.74, 6) is 0. The van der Waals surface area contributed by atoms with Gasteiger partial charge in [-0.05, 0) is 46.4 Å². The number of alkyl halides is 1. The number of aromatic nitrogens is 2. The predicted octanol–water partition coefficient (Wildman–Crippen LogP) is 5.38. The molecule has 28 heavy (non-hydrogen) atoms. The summed E-state index contributed by atoms with van der Waals surface area (Å²) in [6.07, 6.45) is 1.53. The molecule has 1 aromatic heterocycles. The Morgan fingerprint density at radius 3 is 2.61 bits per heavy atom. The molecule has 2 atom stereocenters. The lowest BCUT2D eigenvalue weighted by Gasteiger charge is -2.15. The minimum atomic E-state index is -0.930. The van der Waals surface area contributed by atoms with Crippen LogP contribution >= 0.6 is 12.4 Å². The van der Waals surface area contributed by atoms with Crippen molar-refractivity contribution in [2.75, 3.05) is 0 Å². The first-order valence-electron chi connectivity index (χ1n) is 9.26. The van der Waals surface area contributed by atoms with Crippen molar-refractivity contribution in [3.05, 3.63) is 89.7 Å². The monoisotopic (exact) mass is 393 g/mol. The van der Waals surface area contributed by atoms with Crippen molar-refractivity contribution >= 4 is 23.4 Å². The molecule has 0 radical (unpaired) electrons. The molecule has 0 aliphatic heterocycles. The van der Waals surface area contributed by atoms with Crippen LogP contribution in [0.3, 0.4) is 0 Å². The first-order chi connectivity index (χ1) is 13.3. The number of hydrogen-bond donors (Lipinski definition) is 2. The van der Waals surface area contributed by atoms with Gasteiger partial charge in [-0.3, -0.25) is 0 Å². The molecule has 3 nitrogen and oxygen atoms in total. The molecule has 5 rings (SSSR count). The lowest BCUT2D eigenvalue weighted by Crippen LogP contribution is -2.30. The van der Waals surface area contributed by atoms with Gasteiger partial charge < -0.3 is 10.3 Å². The van der Waals surface area contributed by atoms with Crippen LogP contribution in [0.5, 0.6) is 0 Å². The molecule has 4 aromatic rings. The highest BCUT2D eigenvalue weighted by atomic mass is 35.5. The molecule has 1 heterocycles. The van der Waals surface area contributed by atoms with Crippen LogP contribution < -0.4 is 5.32 Å². The standard InChI is InChI=1S/C23H20FN3.ClH/c24-23-19-4-2-1-3-18(19)12-22(23)25-13-15-5-7-16(8-6-15)17-9-10-20-21(11-17)27-14-26-20;/h1-11,14,22-23,25H,12-13H2,(H,26,27);1H/t22-,23+;/m0./s1. The smallest absolute Gasteiger partial charge is 0.141 e. The summed E-state index contributed by atoms with van der Waals surface area (Å²) < 4.78 is 14.6. The van der Waals surface area contributed by atoms with E-state index in [4.69, 9.17) is 0 Å². The topological polar surface area (TPSA) is 40.7 Å². The van der Waals surface area contributed by atoms with Gasteiger partial charge in [0.2, 0.25) is 0 Å². The maximum absolute atomic E-state index is 14.6. The summed E-state index contributed by atoms with van der Waals surface area (Å²) in [6.45, 7) is 0.664. The molecule has 1 aliphatic rings. The van der Waals surface area contributed by atoms with Crippen LogP contribution in [0.4, 0.5) is 4.39 Å². The summed E-state index contributed by atoms with van der Waals surface area (Å²) in [5.41, 5.74) is 7.41. The van der Waals surface area contributed by atoms with E-state index in [-0.39, 0.29) is 18.4 Å². The molecule has 5 heteroatoms. The van der Waals surface area contributed by atoms with E-state index in [0.29, 0.717) is 6.54 Å². The number of fused-ring (bicyclic) bond motifs is 2. The Labute approximate surface area is 169 Å². The minimum Gasteiger partial charge on any atom is -0.345 e. The van der Waals surface area contributed by atoms with E-state index in [9.17, 15) is 4.39 Å². The first-order valence-corrected chi connectivity index (χ1v) is 9.26. The van der Waals surface area contributed by atoms with Crippen molar-refractivity contribution < 1.29 is 4.39 Å². The molecule has 142 valence electrons. The van der Waals surface area contributed by atoms with Crippen LogP contribution in [-0.4, -0.2) is 16.0 Å². The van der Waals surface area contributed by atoms with Crippen molar-refractivity contribution in [3.63, 3.8) is 0 Å². The summed E-state index contributed by atoms with van der Waals surface area (Å²) in [5, 5.41) is 3.39. The third-order valence-corrected chi connectivity index (χ3v) is 5.42. The van der Waals surface area contributed by atoms with Crippen molar-refractivity contribution in [1.29, 1.82) is 0 Å². The number of benzene rings is 3. The van der Waals surface area contributed by atoms with E-state index in [1.807, 2.05) is 30.3 Å². The Balaban J connectivity index is 0.00000192. The number of imidazole rings is 1. The van der Waals surface area contributed by atoms with Crippen LogP contribution in [-0.2, 0) is 13.0 Å². The van der Waals surface area contributed by atoms with Gasteiger partial charge in [0, 0.05) is 12.6 Å². The number of H-pyrrole nitrogens is 1. The van der Waals surface area contributed by atoms with E-state index in [2.05, 4.69) is 51.7 Å². The van der Waals surface area contributed by atoms with Crippen molar-refractivity contribution in [2.45, 2.75) is 25.2 Å². The highest BCUT2D eigenvalue weighted by Crippen LogP contribution is 2.34. The van der Waals surface area contributed by atoms with Crippen molar-refractivity contribution in [2.24, 2.45) is 0 Å². The van der Waals surface area contributed by atoms with Gasteiger partial charge in [-0.25, -0.2) is 9.37 Å². The Hall–Kier alpha value is -2.69. The van der Waals surface area contributed by atoms with Crippen LogP contribution in [0.25, 0.3) is 22.2 Å². The highest BCUT2D eigenvalue weighted by Gasteiger charge is 2.31. The molecule has 0 saturated carbocycles. The third kappa shape index (κ3) is 3.41. The summed E-state index contributed by atoms with van der Waals surface area (Å²) in [6, 6.07) is 22.3. The SMILES string of the molecule is Cl.F[C@@H]1c2ccccc2C[C@@H]1NCc1ccc(-c2ccc3[nH]cnc3c2)cc1. The molecule has 2 N–H and O–H groups in total. The molecule has 0 fully saturated rings. The maximum atomic E-state index is 14.6. The number of nitrogens with zero attached hydrogens (tertiary/aromatic N) is 1. The zero-order valence-corrected chi connectivity index (χ0v) is 16.0. The van der Waals surface area contributed by atoms with Crippen LogP contribution in [0, 0.1) is 0 Å². The highest BCUT2D eigenvalue weighted by molar-refractivity contribution is 5.85. The molecule has 0 saturated heterocycles. The normalized spacial score (nSPS) is 18.0. The summed E-state index contributed by atoms with van der Waals surface area (Å²) in [7, 11) is 0. The quantitative estimate of drug-likeness (QED) is 0.489. The number of hydrogen-bond acceptors (Lipinski definition) is 2. The molecular formula is C23H21ClFN3. The van der Waals surface area contributed by atoms with Crippen LogP contribution in [0.1, 0.15) is 22.9 Å². The Kier molecular flexibility index (Phi) is 5.16. The van der Waals surface area contributed by atoms with Gasteiger partial charge in [0.15, 0.2) is 0 Å². The van der Waals surface area contributed by atoms with Gasteiger partial charge in [-0.1, -0.05) is 54.6 Å². The van der Waals surface area contributed by atoms with Crippen LogP contribution in [0.15, 0.2) is 73.1 Å². The second kappa shape index (κ2) is 7.74. The van der Waals surface area contributed by atoms with E-state index in [0.717, 1.165) is 45.3 Å². The number of rotatable bonds is 4. The molecule has 0 bridgehead atoms. The van der Waals surface area contributed by atoms with Crippen molar-refractivity contribution in [1.82, 2.24) is 15.3 Å². The molecule has 0 unspecified atom stereocenters. The van der Waals surface area contributed by atoms with E-state index < -0.39 is 6.17 Å². The second-order valence-corrected chi connectivity index (χ2v) is 7.12. The fourth-order valence-electron chi connectivity index (χ4n) is 3.90. The Morgan fingerprint density at radius 2 is 1.79 bits per heavy atom. The van der Waals surface area contributed by atoms with Gasteiger partial charge in [0.25, 0.3) is 0 Å². The van der Waals surface area contributed by atoms with Crippen molar-refractivity contribution in [3.8, 4) is 11.1 Å². The molecule has 0 amide bonds. The largest absolute Gasteiger partial charge is 0.345 e. The Bertz CT molecular complexity index is 1090. The fraction of sp³-hybridized carbons (Fsp3) is 0.174. The molecule has 1 aliphatic carbocycles. The fourth-order valence-corrected chi connectivity index (χ4v) is 3.90. The number of aromatic amines is 1. The average Bonchev–Trinajstić information content (AvgIpc) is 3.31. The lowest BCUT2D eigenvalue weighted by atomic mass is 10.0. The lowest BCUT2D eigenvalue weighted by molar-refractivity contribution is 0.271. The van der Waals surface area contributed by atoms with Gasteiger partial charge in [0.1, 0.15) is 6.17 Å². The molecular weight excluding hydrogens is 373 g/mol. The predicted molar refractivity (Wildman–Crippen MR) is 113 cm³/mol.